The molecule has 0 atom stereocenters. The summed E-state index contributed by atoms with van der Waals surface area (Å²) in [7, 11) is 0. The standard InChI is InChI=1S/C21H25N7O/c1-3-26-17-5-4-9-22-20(17)27(21(26)29)14-16-7-11-25(12-8-16)19-13-15(2)24-18-6-10-23-28(18)19/h4-6,9-10,13,16H,3,7-8,11-12,14H2,1-2H3. The summed E-state index contributed by atoms with van der Waals surface area (Å²) in [6, 6.07) is 7.91. The molecular formula is C21H25N7O. The van der Waals surface area contributed by atoms with Crippen LogP contribution in [-0.2, 0) is 13.1 Å². The maximum absolute atomic E-state index is 12.9. The SMILES string of the molecule is CCn1c(=O)n(CC2CCN(c3cc(C)nc4ccnn34)CC2)c2ncccc21. The Labute approximate surface area is 168 Å². The highest BCUT2D eigenvalue weighted by molar-refractivity contribution is 5.71. The lowest BCUT2D eigenvalue weighted by molar-refractivity contribution is 0.353. The predicted molar refractivity (Wildman–Crippen MR) is 112 cm³/mol. The lowest BCUT2D eigenvalue weighted by Gasteiger charge is -2.33. The first-order chi connectivity index (χ1) is 14.2. The van der Waals surface area contributed by atoms with Gasteiger partial charge in [0.2, 0.25) is 0 Å². The smallest absolute Gasteiger partial charge is 0.330 e. The van der Waals surface area contributed by atoms with Gasteiger partial charge in [0.25, 0.3) is 0 Å². The fourth-order valence-corrected chi connectivity index (χ4v) is 4.46. The van der Waals surface area contributed by atoms with Gasteiger partial charge in [0.1, 0.15) is 5.82 Å². The average molecular weight is 391 g/mol. The Morgan fingerprint density at radius 1 is 1.14 bits per heavy atom. The van der Waals surface area contributed by atoms with E-state index in [2.05, 4.69) is 26.0 Å². The number of hydrogen-bond acceptors (Lipinski definition) is 5. The van der Waals surface area contributed by atoms with E-state index in [0.717, 1.165) is 60.8 Å². The van der Waals surface area contributed by atoms with Crippen LogP contribution in [0.3, 0.4) is 0 Å². The highest BCUT2D eigenvalue weighted by atomic mass is 16.1. The molecule has 29 heavy (non-hydrogen) atoms. The number of fused-ring (bicyclic) bond motifs is 2. The van der Waals surface area contributed by atoms with Crippen LogP contribution in [0.5, 0.6) is 0 Å². The van der Waals surface area contributed by atoms with E-state index >= 15 is 0 Å². The summed E-state index contributed by atoms with van der Waals surface area (Å²) >= 11 is 0. The van der Waals surface area contributed by atoms with Gasteiger partial charge in [-0.2, -0.15) is 9.61 Å². The lowest BCUT2D eigenvalue weighted by Crippen LogP contribution is -2.37. The third-order valence-corrected chi connectivity index (χ3v) is 5.94. The molecule has 4 aromatic rings. The molecule has 150 valence electrons. The Morgan fingerprint density at radius 2 is 1.97 bits per heavy atom. The largest absolute Gasteiger partial charge is 0.356 e. The van der Waals surface area contributed by atoms with Crippen molar-refractivity contribution in [2.45, 2.75) is 39.8 Å². The van der Waals surface area contributed by atoms with Crippen molar-refractivity contribution in [2.24, 2.45) is 5.92 Å². The van der Waals surface area contributed by atoms with Crippen LogP contribution < -0.4 is 10.6 Å². The van der Waals surface area contributed by atoms with Gasteiger partial charge in [-0.25, -0.2) is 14.8 Å². The van der Waals surface area contributed by atoms with E-state index in [1.54, 1.807) is 12.4 Å². The number of rotatable bonds is 4. The van der Waals surface area contributed by atoms with E-state index in [4.69, 9.17) is 0 Å². The van der Waals surface area contributed by atoms with Crippen molar-refractivity contribution in [2.75, 3.05) is 18.0 Å². The first-order valence-corrected chi connectivity index (χ1v) is 10.3. The Balaban J connectivity index is 1.37. The Kier molecular flexibility index (Phi) is 4.34. The number of anilines is 1. The monoisotopic (exact) mass is 391 g/mol. The predicted octanol–water partition coefficient (Wildman–Crippen LogP) is 2.49. The minimum absolute atomic E-state index is 0.0478. The Morgan fingerprint density at radius 3 is 2.76 bits per heavy atom. The molecule has 0 bridgehead atoms. The maximum Gasteiger partial charge on any atom is 0.330 e. The third-order valence-electron chi connectivity index (χ3n) is 5.94. The van der Waals surface area contributed by atoms with E-state index in [0.29, 0.717) is 12.5 Å². The van der Waals surface area contributed by atoms with Crippen molar-refractivity contribution in [3.05, 3.63) is 52.8 Å². The van der Waals surface area contributed by atoms with Gasteiger partial charge in [-0.1, -0.05) is 0 Å². The molecule has 5 rings (SSSR count). The molecule has 0 saturated carbocycles. The molecule has 1 aliphatic heterocycles. The Bertz CT molecular complexity index is 1230. The molecule has 0 unspecified atom stereocenters. The summed E-state index contributed by atoms with van der Waals surface area (Å²) in [5.74, 6) is 1.55. The van der Waals surface area contributed by atoms with E-state index in [9.17, 15) is 4.79 Å². The first kappa shape index (κ1) is 17.9. The summed E-state index contributed by atoms with van der Waals surface area (Å²) < 4.78 is 5.59. The van der Waals surface area contributed by atoms with Crippen molar-refractivity contribution in [3.63, 3.8) is 0 Å². The fourth-order valence-electron chi connectivity index (χ4n) is 4.46. The molecule has 1 fully saturated rings. The van der Waals surface area contributed by atoms with Crippen LogP contribution in [0.2, 0.25) is 0 Å². The number of pyridine rings is 1. The minimum Gasteiger partial charge on any atom is -0.356 e. The van der Waals surface area contributed by atoms with E-state index in [1.165, 1.54) is 0 Å². The molecule has 0 radical (unpaired) electrons. The second-order valence-electron chi connectivity index (χ2n) is 7.77. The molecule has 1 saturated heterocycles. The number of nitrogens with zero attached hydrogens (tertiary/aromatic N) is 7. The first-order valence-electron chi connectivity index (χ1n) is 10.3. The van der Waals surface area contributed by atoms with E-state index in [1.807, 2.05) is 45.7 Å². The van der Waals surface area contributed by atoms with Gasteiger partial charge in [0, 0.05) is 50.2 Å². The lowest BCUT2D eigenvalue weighted by atomic mass is 9.96. The van der Waals surface area contributed by atoms with Crippen molar-refractivity contribution >= 4 is 22.6 Å². The molecule has 0 amide bonds. The number of hydrogen-bond donors (Lipinski definition) is 0. The van der Waals surface area contributed by atoms with Crippen molar-refractivity contribution in [3.8, 4) is 0 Å². The molecule has 0 N–H and O–H groups in total. The molecule has 0 spiro atoms. The quantitative estimate of drug-likeness (QED) is 0.534. The zero-order valence-electron chi connectivity index (χ0n) is 16.8. The minimum atomic E-state index is 0.0478. The molecule has 8 nitrogen and oxygen atoms in total. The van der Waals surface area contributed by atoms with Crippen LogP contribution >= 0.6 is 0 Å². The summed E-state index contributed by atoms with van der Waals surface area (Å²) in [4.78, 5) is 24.3. The Hall–Kier alpha value is -3.16. The zero-order valence-corrected chi connectivity index (χ0v) is 16.8. The second kappa shape index (κ2) is 7.02. The second-order valence-corrected chi connectivity index (χ2v) is 7.77. The fraction of sp³-hybridized carbons (Fsp3) is 0.429. The van der Waals surface area contributed by atoms with Crippen LogP contribution in [0.25, 0.3) is 16.8 Å². The molecule has 0 aromatic carbocycles. The van der Waals surface area contributed by atoms with Crippen molar-refractivity contribution in [1.29, 1.82) is 0 Å². The number of aromatic nitrogens is 6. The average Bonchev–Trinajstić information content (AvgIpc) is 3.31. The van der Waals surface area contributed by atoms with Crippen molar-refractivity contribution < 1.29 is 0 Å². The van der Waals surface area contributed by atoms with Crippen LogP contribution in [0.1, 0.15) is 25.5 Å². The molecular weight excluding hydrogens is 366 g/mol. The molecule has 1 aliphatic rings. The van der Waals surface area contributed by atoms with E-state index in [-0.39, 0.29) is 5.69 Å². The van der Waals surface area contributed by atoms with Crippen LogP contribution in [0.4, 0.5) is 5.82 Å². The highest BCUT2D eigenvalue weighted by Crippen LogP contribution is 2.25. The van der Waals surface area contributed by atoms with Crippen LogP contribution in [-0.4, -0.2) is 41.8 Å². The zero-order chi connectivity index (χ0) is 20.0. The van der Waals surface area contributed by atoms with Gasteiger partial charge in [0.05, 0.1) is 11.7 Å². The number of aryl methyl sites for hydroxylation is 2. The van der Waals surface area contributed by atoms with Gasteiger partial charge in [-0.15, -0.1) is 0 Å². The maximum atomic E-state index is 12.9. The molecule has 0 aliphatic carbocycles. The number of imidazole rings is 1. The topological polar surface area (TPSA) is 73.2 Å². The summed E-state index contributed by atoms with van der Waals surface area (Å²) in [5.41, 5.74) is 3.65. The molecule has 4 aromatic heterocycles. The van der Waals surface area contributed by atoms with Crippen molar-refractivity contribution in [1.82, 2.24) is 28.7 Å². The summed E-state index contributed by atoms with van der Waals surface area (Å²) in [5, 5.41) is 4.44. The van der Waals surface area contributed by atoms with E-state index < -0.39 is 0 Å². The van der Waals surface area contributed by atoms with Gasteiger partial charge in [-0.3, -0.25) is 9.13 Å². The number of piperidine rings is 1. The van der Waals surface area contributed by atoms with Gasteiger partial charge in [-0.05, 0) is 44.7 Å². The summed E-state index contributed by atoms with van der Waals surface area (Å²) in [6.07, 6.45) is 5.62. The van der Waals surface area contributed by atoms with Gasteiger partial charge < -0.3 is 4.90 Å². The highest BCUT2D eigenvalue weighted by Gasteiger charge is 2.24. The third kappa shape index (κ3) is 2.99. The van der Waals surface area contributed by atoms with Gasteiger partial charge >= 0.3 is 5.69 Å². The van der Waals surface area contributed by atoms with Crippen LogP contribution in [0.15, 0.2) is 41.5 Å². The normalized spacial score (nSPS) is 15.6. The van der Waals surface area contributed by atoms with Gasteiger partial charge in [0.15, 0.2) is 11.3 Å². The molecule has 8 heteroatoms. The summed E-state index contributed by atoms with van der Waals surface area (Å²) in [6.45, 7) is 7.29. The van der Waals surface area contributed by atoms with Crippen LogP contribution in [0, 0.1) is 12.8 Å². The molecule has 5 heterocycles.